The molecule has 0 saturated carbocycles. The summed E-state index contributed by atoms with van der Waals surface area (Å²) in [4.78, 5) is 26.5. The number of para-hydroxylation sites is 3. The second-order valence-electron chi connectivity index (χ2n) is 10.6. The summed E-state index contributed by atoms with van der Waals surface area (Å²) < 4.78 is 7.54. The van der Waals surface area contributed by atoms with Crippen LogP contribution in [0.15, 0.2) is 90.4 Å². The van der Waals surface area contributed by atoms with E-state index in [0.717, 1.165) is 0 Å². The molecule has 0 fully saturated rings. The van der Waals surface area contributed by atoms with Crippen molar-refractivity contribution in [2.24, 2.45) is 5.73 Å². The third kappa shape index (κ3) is 3.67. The number of carbonyl (C=O) groups excluding carboxylic acids is 1. The summed E-state index contributed by atoms with van der Waals surface area (Å²) >= 11 is 12.6. The van der Waals surface area contributed by atoms with Gasteiger partial charge in [-0.05, 0) is 42.5 Å². The smallest absolute Gasteiger partial charge is 0.248 e. The molecule has 1 atom stereocenters. The predicted molar refractivity (Wildman–Crippen MR) is 169 cm³/mol. The average Bonchev–Trinajstić information content (AvgIpc) is 3.58. The molecular formula is C32H19Cl2N9O2. The first-order chi connectivity index (χ1) is 21.8. The van der Waals surface area contributed by atoms with Crippen molar-refractivity contribution in [3.8, 4) is 17.5 Å². The molecule has 13 heteroatoms. The second kappa shape index (κ2) is 9.65. The third-order valence-electron chi connectivity index (χ3n) is 8.18. The molecule has 2 aliphatic heterocycles. The minimum atomic E-state index is -1.75. The van der Waals surface area contributed by atoms with Crippen molar-refractivity contribution in [1.29, 1.82) is 5.26 Å². The van der Waals surface area contributed by atoms with Gasteiger partial charge in [0.05, 0.1) is 62.5 Å². The van der Waals surface area contributed by atoms with Gasteiger partial charge in [-0.2, -0.15) is 5.26 Å². The summed E-state index contributed by atoms with van der Waals surface area (Å²) in [6, 6.07) is 23.4. The normalized spacial score (nSPS) is 17.1. The van der Waals surface area contributed by atoms with Gasteiger partial charge in [0.15, 0.2) is 5.75 Å². The number of amides is 1. The zero-order chi connectivity index (χ0) is 31.0. The van der Waals surface area contributed by atoms with E-state index in [-0.39, 0.29) is 29.4 Å². The van der Waals surface area contributed by atoms with Gasteiger partial charge in [-0.3, -0.25) is 4.79 Å². The molecule has 1 unspecified atom stereocenters. The molecule has 11 nitrogen and oxygen atoms in total. The lowest BCUT2D eigenvalue weighted by Gasteiger charge is -2.35. The molecule has 6 aromatic rings. The molecule has 0 saturated heterocycles. The van der Waals surface area contributed by atoms with Crippen LogP contribution in [0.2, 0.25) is 10.0 Å². The van der Waals surface area contributed by atoms with Gasteiger partial charge in [-0.15, -0.1) is 5.10 Å². The van der Waals surface area contributed by atoms with Crippen molar-refractivity contribution in [1.82, 2.24) is 25.0 Å². The number of fused-ring (bicyclic) bond motifs is 7. The van der Waals surface area contributed by atoms with E-state index in [1.54, 1.807) is 53.6 Å². The molecule has 1 amide bonds. The van der Waals surface area contributed by atoms with Crippen molar-refractivity contribution in [2.75, 3.05) is 10.6 Å². The Labute approximate surface area is 264 Å². The maximum absolute atomic E-state index is 15.2. The number of nitrogen functional groups attached to an aromatic ring is 1. The molecule has 0 aliphatic carbocycles. The standard InChI is InChI=1S/C32H19Cl2N9O2/c33-16-9-10-26(20(34)11-16)43-17(14-38-41-43)15-42-25-8-4-1-5-18(25)32(31(42)44)19(13-35)30(37)45-29-21(36)12-24-28(27(29)32)40-23-7-3-2-6-22(23)39-24/h1-12,14H,15,36-37H2. The Morgan fingerprint density at radius 1 is 0.933 bits per heavy atom. The predicted octanol–water partition coefficient (Wildman–Crippen LogP) is 5.17. The second-order valence-corrected chi connectivity index (χ2v) is 11.4. The van der Waals surface area contributed by atoms with Crippen LogP contribution in [0.25, 0.3) is 27.8 Å². The van der Waals surface area contributed by atoms with Crippen LogP contribution < -0.4 is 21.1 Å². The zero-order valence-electron chi connectivity index (χ0n) is 23.1. The van der Waals surface area contributed by atoms with Crippen LogP contribution in [0.5, 0.6) is 5.75 Å². The maximum atomic E-state index is 15.2. The summed E-state index contributed by atoms with van der Waals surface area (Å²) in [5, 5.41) is 19.7. The summed E-state index contributed by atoms with van der Waals surface area (Å²) in [7, 11) is 0. The summed E-state index contributed by atoms with van der Waals surface area (Å²) in [6.07, 6.45) is 1.55. The number of rotatable bonds is 3. The van der Waals surface area contributed by atoms with E-state index in [4.69, 9.17) is 49.4 Å². The molecule has 1 spiro atoms. The van der Waals surface area contributed by atoms with Gasteiger partial charge in [-0.25, -0.2) is 14.6 Å². The van der Waals surface area contributed by atoms with Gasteiger partial charge in [0, 0.05) is 16.3 Å². The number of nitriles is 1. The molecule has 0 radical (unpaired) electrons. The first-order valence-electron chi connectivity index (χ1n) is 13.7. The van der Waals surface area contributed by atoms with Gasteiger partial charge >= 0.3 is 0 Å². The molecule has 218 valence electrons. The van der Waals surface area contributed by atoms with E-state index in [2.05, 4.69) is 16.4 Å². The first-order valence-corrected chi connectivity index (χ1v) is 14.4. The fourth-order valence-electron chi connectivity index (χ4n) is 6.31. The molecule has 2 aliphatic rings. The number of anilines is 2. The van der Waals surface area contributed by atoms with Gasteiger partial charge < -0.3 is 21.1 Å². The third-order valence-corrected chi connectivity index (χ3v) is 8.72. The highest BCUT2D eigenvalue weighted by Gasteiger charge is 2.60. The van der Waals surface area contributed by atoms with Gasteiger partial charge in [0.2, 0.25) is 11.8 Å². The molecule has 45 heavy (non-hydrogen) atoms. The van der Waals surface area contributed by atoms with Crippen molar-refractivity contribution >= 4 is 62.6 Å². The van der Waals surface area contributed by atoms with Crippen molar-refractivity contribution in [2.45, 2.75) is 12.0 Å². The van der Waals surface area contributed by atoms with E-state index < -0.39 is 11.3 Å². The van der Waals surface area contributed by atoms with Crippen LogP contribution >= 0.6 is 23.2 Å². The number of hydrogen-bond acceptors (Lipinski definition) is 9. The molecule has 4 heterocycles. The lowest BCUT2D eigenvalue weighted by molar-refractivity contribution is -0.121. The summed E-state index contributed by atoms with van der Waals surface area (Å²) in [5.41, 5.74) is 15.8. The highest BCUT2D eigenvalue weighted by molar-refractivity contribution is 6.35. The Kier molecular flexibility index (Phi) is 5.77. The minimum absolute atomic E-state index is 0.0210. The SMILES string of the molecule is N#CC1=C(N)Oc2c(N)cc3nc4ccccc4nc3c2C12C(=O)N(Cc1cnnn1-c1ccc(Cl)cc1Cl)c1ccccc12. The fourth-order valence-corrected chi connectivity index (χ4v) is 6.79. The number of nitrogens with two attached hydrogens (primary N) is 2. The van der Waals surface area contributed by atoms with E-state index >= 15 is 4.79 Å². The van der Waals surface area contributed by atoms with Crippen LogP contribution in [0.4, 0.5) is 11.4 Å². The summed E-state index contributed by atoms with van der Waals surface area (Å²) in [5.74, 6) is -0.535. The lowest BCUT2D eigenvalue weighted by Crippen LogP contribution is -2.46. The number of carbonyl (C=O) groups is 1. The van der Waals surface area contributed by atoms with E-state index in [1.165, 1.54) is 4.68 Å². The van der Waals surface area contributed by atoms with Gasteiger partial charge in [0.25, 0.3) is 0 Å². The quantitative estimate of drug-likeness (QED) is 0.198. The van der Waals surface area contributed by atoms with E-state index in [9.17, 15) is 5.26 Å². The fraction of sp³-hybridized carbons (Fsp3) is 0.0625. The molecule has 4 aromatic carbocycles. The van der Waals surface area contributed by atoms with Gasteiger partial charge in [0.1, 0.15) is 17.1 Å². The van der Waals surface area contributed by atoms with E-state index in [1.807, 2.05) is 30.3 Å². The number of halogens is 2. The van der Waals surface area contributed by atoms with Crippen molar-refractivity contribution < 1.29 is 9.53 Å². The van der Waals surface area contributed by atoms with Crippen molar-refractivity contribution in [3.05, 3.63) is 117 Å². The largest absolute Gasteiger partial charge is 0.438 e. The Morgan fingerprint density at radius 3 is 2.47 bits per heavy atom. The Hall–Kier alpha value is -5.70. The number of hydrogen-bond donors (Lipinski definition) is 2. The van der Waals surface area contributed by atoms with Crippen LogP contribution in [-0.2, 0) is 16.8 Å². The van der Waals surface area contributed by atoms with Crippen LogP contribution in [0.1, 0.15) is 16.8 Å². The molecule has 0 bridgehead atoms. The molecule has 4 N–H and O–H groups in total. The van der Waals surface area contributed by atoms with Gasteiger partial charge in [-0.1, -0.05) is 58.7 Å². The number of nitrogens with zero attached hydrogens (tertiary/aromatic N) is 7. The van der Waals surface area contributed by atoms with E-state index in [0.29, 0.717) is 60.3 Å². The topological polar surface area (TPSA) is 162 Å². The first kappa shape index (κ1) is 26.9. The Bertz CT molecular complexity index is 2350. The lowest BCUT2D eigenvalue weighted by atomic mass is 9.68. The number of benzene rings is 4. The highest BCUT2D eigenvalue weighted by atomic mass is 35.5. The number of aromatic nitrogens is 5. The van der Waals surface area contributed by atoms with Crippen LogP contribution in [0, 0.1) is 11.3 Å². The molecular weight excluding hydrogens is 613 g/mol. The molecule has 8 rings (SSSR count). The van der Waals surface area contributed by atoms with Crippen LogP contribution in [-0.4, -0.2) is 30.9 Å². The Balaban J connectivity index is 1.40. The van der Waals surface area contributed by atoms with Crippen LogP contribution in [0.3, 0.4) is 0 Å². The highest BCUT2D eigenvalue weighted by Crippen LogP contribution is 2.58. The average molecular weight is 632 g/mol. The Morgan fingerprint density at radius 2 is 1.69 bits per heavy atom. The van der Waals surface area contributed by atoms with Crippen molar-refractivity contribution in [3.63, 3.8) is 0 Å². The zero-order valence-corrected chi connectivity index (χ0v) is 24.6. The monoisotopic (exact) mass is 631 g/mol. The number of ether oxygens (including phenoxy) is 1. The maximum Gasteiger partial charge on any atom is 0.248 e. The summed E-state index contributed by atoms with van der Waals surface area (Å²) in [6.45, 7) is 0.0210. The minimum Gasteiger partial charge on any atom is -0.438 e. The molecule has 2 aromatic heterocycles.